The summed E-state index contributed by atoms with van der Waals surface area (Å²) >= 11 is 12.0. The highest BCUT2D eigenvalue weighted by Crippen LogP contribution is 2.40. The summed E-state index contributed by atoms with van der Waals surface area (Å²) in [6.45, 7) is 0. The van der Waals surface area contributed by atoms with E-state index in [1.165, 1.54) is 5.56 Å². The zero-order chi connectivity index (χ0) is 14.1. The van der Waals surface area contributed by atoms with Crippen molar-refractivity contribution in [3.8, 4) is 0 Å². The molecule has 0 radical (unpaired) electrons. The first-order valence-electron chi connectivity index (χ1n) is 6.73. The topological polar surface area (TPSA) is 33.1 Å². The molecule has 3 rings (SSSR count). The summed E-state index contributed by atoms with van der Waals surface area (Å²) in [5, 5.41) is 11.8. The Labute approximate surface area is 128 Å². The molecule has 1 aliphatic carbocycles. The number of aliphatic hydroxyl groups excluding tert-OH is 1. The van der Waals surface area contributed by atoms with E-state index in [0.29, 0.717) is 10.0 Å². The predicted octanol–water partition coefficient (Wildman–Crippen LogP) is 4.54. The van der Waals surface area contributed by atoms with Gasteiger partial charge in [0.25, 0.3) is 0 Å². The molecule has 0 aliphatic heterocycles. The Morgan fingerprint density at radius 2 is 1.95 bits per heavy atom. The summed E-state index contributed by atoms with van der Waals surface area (Å²) in [5.74, 6) is 0.00878. The minimum absolute atomic E-state index is 0.00878. The van der Waals surface area contributed by atoms with Gasteiger partial charge in [-0.1, -0.05) is 29.3 Å². The van der Waals surface area contributed by atoms with Crippen molar-refractivity contribution in [2.24, 2.45) is 0 Å². The maximum Gasteiger partial charge on any atom is 0.0874 e. The average Bonchev–Trinajstić information content (AvgIpc) is 2.45. The van der Waals surface area contributed by atoms with Crippen LogP contribution in [0, 0.1) is 0 Å². The zero-order valence-corrected chi connectivity index (χ0v) is 12.4. The number of fused-ring (bicyclic) bond motifs is 1. The summed E-state index contributed by atoms with van der Waals surface area (Å²) < 4.78 is 0. The minimum Gasteiger partial charge on any atom is -0.388 e. The Bertz CT molecular complexity index is 609. The van der Waals surface area contributed by atoms with Gasteiger partial charge in [-0.05, 0) is 54.7 Å². The lowest BCUT2D eigenvalue weighted by atomic mass is 9.81. The molecule has 20 heavy (non-hydrogen) atoms. The van der Waals surface area contributed by atoms with Crippen LogP contribution >= 0.6 is 23.2 Å². The lowest BCUT2D eigenvalue weighted by molar-refractivity contribution is 0.134. The number of benzene rings is 1. The zero-order valence-electron chi connectivity index (χ0n) is 10.9. The van der Waals surface area contributed by atoms with Gasteiger partial charge in [0.1, 0.15) is 0 Å². The monoisotopic (exact) mass is 307 g/mol. The fraction of sp³-hybridized carbons (Fsp3) is 0.312. The van der Waals surface area contributed by atoms with Gasteiger partial charge in [-0.25, -0.2) is 0 Å². The molecule has 2 aromatic rings. The molecule has 2 unspecified atom stereocenters. The first kappa shape index (κ1) is 13.9. The van der Waals surface area contributed by atoms with E-state index in [-0.39, 0.29) is 5.92 Å². The molecule has 0 spiro atoms. The summed E-state index contributed by atoms with van der Waals surface area (Å²) in [5.41, 5.74) is 2.99. The normalized spacial score (nSPS) is 19.4. The van der Waals surface area contributed by atoms with Crippen molar-refractivity contribution in [1.82, 2.24) is 4.98 Å². The van der Waals surface area contributed by atoms with Gasteiger partial charge in [0.2, 0.25) is 0 Å². The Kier molecular flexibility index (Phi) is 3.97. The van der Waals surface area contributed by atoms with Crippen molar-refractivity contribution >= 4 is 23.2 Å². The smallest absolute Gasteiger partial charge is 0.0874 e. The van der Waals surface area contributed by atoms with Crippen LogP contribution < -0.4 is 0 Å². The van der Waals surface area contributed by atoms with Crippen molar-refractivity contribution in [1.29, 1.82) is 0 Å². The van der Waals surface area contributed by atoms with E-state index in [4.69, 9.17) is 23.2 Å². The second-order valence-electron chi connectivity index (χ2n) is 5.19. The minimum atomic E-state index is -0.625. The molecule has 1 aliphatic rings. The molecule has 4 heteroatoms. The standard InChI is InChI=1S/C16H15Cl2NO/c17-12-7-11(8-13(18)9-12)16(20)14-5-1-3-10-4-2-6-19-15(10)14/h2,4,6-9,14,16,20H,1,3,5H2. The highest BCUT2D eigenvalue weighted by molar-refractivity contribution is 6.34. The molecule has 0 fully saturated rings. The van der Waals surface area contributed by atoms with Gasteiger partial charge in [0.15, 0.2) is 0 Å². The molecule has 0 saturated heterocycles. The number of aryl methyl sites for hydroxylation is 1. The van der Waals surface area contributed by atoms with Crippen molar-refractivity contribution in [3.63, 3.8) is 0 Å². The van der Waals surface area contributed by atoms with E-state index in [2.05, 4.69) is 11.1 Å². The molecule has 1 aromatic heterocycles. The first-order valence-corrected chi connectivity index (χ1v) is 7.48. The van der Waals surface area contributed by atoms with Crippen LogP contribution in [0.2, 0.25) is 10.0 Å². The van der Waals surface area contributed by atoms with E-state index in [9.17, 15) is 5.11 Å². The fourth-order valence-electron chi connectivity index (χ4n) is 2.93. The van der Waals surface area contributed by atoms with Crippen LogP contribution in [0.15, 0.2) is 36.5 Å². The third-order valence-corrected chi connectivity index (χ3v) is 4.28. The van der Waals surface area contributed by atoms with E-state index in [0.717, 1.165) is 30.5 Å². The Morgan fingerprint density at radius 3 is 2.70 bits per heavy atom. The highest BCUT2D eigenvalue weighted by atomic mass is 35.5. The number of hydrogen-bond donors (Lipinski definition) is 1. The van der Waals surface area contributed by atoms with Crippen molar-refractivity contribution in [2.75, 3.05) is 0 Å². The van der Waals surface area contributed by atoms with E-state index in [1.807, 2.05) is 6.07 Å². The second kappa shape index (κ2) is 5.72. The molecule has 0 amide bonds. The van der Waals surface area contributed by atoms with Crippen molar-refractivity contribution in [3.05, 3.63) is 63.4 Å². The lowest BCUT2D eigenvalue weighted by Crippen LogP contribution is -2.18. The molecule has 1 N–H and O–H groups in total. The quantitative estimate of drug-likeness (QED) is 0.883. The average molecular weight is 308 g/mol. The van der Waals surface area contributed by atoms with Crippen LogP contribution in [-0.4, -0.2) is 10.1 Å². The Hall–Kier alpha value is -1.09. The van der Waals surface area contributed by atoms with Crippen LogP contribution in [0.1, 0.15) is 41.7 Å². The van der Waals surface area contributed by atoms with Crippen LogP contribution in [0.5, 0.6) is 0 Å². The van der Waals surface area contributed by atoms with Crippen LogP contribution in [-0.2, 0) is 6.42 Å². The summed E-state index contributed by atoms with van der Waals surface area (Å²) in [7, 11) is 0. The van der Waals surface area contributed by atoms with Crippen LogP contribution in [0.25, 0.3) is 0 Å². The third kappa shape index (κ3) is 2.69. The number of aromatic nitrogens is 1. The molecule has 0 bridgehead atoms. The Morgan fingerprint density at radius 1 is 1.20 bits per heavy atom. The van der Waals surface area contributed by atoms with Gasteiger partial charge in [0, 0.05) is 27.9 Å². The molecule has 104 valence electrons. The summed E-state index contributed by atoms with van der Waals surface area (Å²) in [6, 6.07) is 9.26. The second-order valence-corrected chi connectivity index (χ2v) is 6.07. The number of pyridine rings is 1. The number of nitrogens with zero attached hydrogens (tertiary/aromatic N) is 1. The molecule has 1 heterocycles. The number of halogens is 2. The van der Waals surface area contributed by atoms with E-state index >= 15 is 0 Å². The third-order valence-electron chi connectivity index (χ3n) is 3.85. The molecule has 1 aromatic carbocycles. The Balaban J connectivity index is 1.97. The van der Waals surface area contributed by atoms with E-state index < -0.39 is 6.10 Å². The maximum atomic E-state index is 10.7. The lowest BCUT2D eigenvalue weighted by Gasteiger charge is -2.28. The summed E-state index contributed by atoms with van der Waals surface area (Å²) in [4.78, 5) is 4.47. The van der Waals surface area contributed by atoms with Gasteiger partial charge in [-0.15, -0.1) is 0 Å². The SMILES string of the molecule is OC(c1cc(Cl)cc(Cl)c1)C1CCCc2cccnc21. The van der Waals surface area contributed by atoms with Crippen molar-refractivity contribution < 1.29 is 5.11 Å². The number of aliphatic hydroxyl groups is 1. The molecule has 2 nitrogen and oxygen atoms in total. The van der Waals surface area contributed by atoms with Crippen LogP contribution in [0.3, 0.4) is 0 Å². The van der Waals surface area contributed by atoms with Crippen molar-refractivity contribution in [2.45, 2.75) is 31.3 Å². The largest absolute Gasteiger partial charge is 0.388 e. The van der Waals surface area contributed by atoms with Gasteiger partial charge in [-0.2, -0.15) is 0 Å². The van der Waals surface area contributed by atoms with Crippen LogP contribution in [0.4, 0.5) is 0 Å². The summed E-state index contributed by atoms with van der Waals surface area (Å²) in [6.07, 6.45) is 4.18. The highest BCUT2D eigenvalue weighted by Gasteiger charge is 2.29. The van der Waals surface area contributed by atoms with Gasteiger partial charge in [0.05, 0.1) is 6.10 Å². The van der Waals surface area contributed by atoms with Gasteiger partial charge >= 0.3 is 0 Å². The maximum absolute atomic E-state index is 10.7. The van der Waals surface area contributed by atoms with Gasteiger partial charge in [-0.3, -0.25) is 4.98 Å². The molecular formula is C16H15Cl2NO. The first-order chi connectivity index (χ1) is 9.65. The fourth-order valence-corrected chi connectivity index (χ4v) is 3.47. The molecule has 0 saturated carbocycles. The predicted molar refractivity (Wildman–Crippen MR) is 81.3 cm³/mol. The number of rotatable bonds is 2. The number of hydrogen-bond acceptors (Lipinski definition) is 2. The molecule has 2 atom stereocenters. The van der Waals surface area contributed by atoms with Gasteiger partial charge < -0.3 is 5.11 Å². The van der Waals surface area contributed by atoms with E-state index in [1.54, 1.807) is 24.4 Å². The molecular weight excluding hydrogens is 293 g/mol.